The number of carbonyl (C=O) groups is 2. The van der Waals surface area contributed by atoms with Crippen LogP contribution < -0.4 is 5.73 Å². The van der Waals surface area contributed by atoms with Gasteiger partial charge in [-0.05, 0) is 6.42 Å². The van der Waals surface area contributed by atoms with Crippen molar-refractivity contribution in [3.63, 3.8) is 0 Å². The van der Waals surface area contributed by atoms with Gasteiger partial charge in [-0.1, -0.05) is 58.3 Å². The first-order valence-electron chi connectivity index (χ1n) is 7.14. The van der Waals surface area contributed by atoms with Gasteiger partial charge in [0.25, 0.3) is 0 Å². The Balaban J connectivity index is 0. The van der Waals surface area contributed by atoms with Gasteiger partial charge in [0, 0.05) is 6.42 Å². The van der Waals surface area contributed by atoms with Crippen LogP contribution in [0.25, 0.3) is 0 Å². The molecule has 0 aromatic carbocycles. The summed E-state index contributed by atoms with van der Waals surface area (Å²) in [5.74, 6) is -1.09. The standard InChI is InChI=1S/C14H27NO3.Na.H/c1-2-3-4-5-6-7-8-9-10-11-13(16)18-14(17)12-15;;/h2-12,15H2,1H3;;. The normalized spacial score (nSPS) is 9.79. The third kappa shape index (κ3) is 16.0. The van der Waals surface area contributed by atoms with Crippen LogP contribution in [0, 0.1) is 0 Å². The molecule has 0 amide bonds. The zero-order chi connectivity index (χ0) is 13.6. The van der Waals surface area contributed by atoms with Crippen LogP contribution in [0.4, 0.5) is 0 Å². The van der Waals surface area contributed by atoms with E-state index in [1.165, 1.54) is 38.5 Å². The molecule has 0 heterocycles. The van der Waals surface area contributed by atoms with Crippen molar-refractivity contribution in [2.75, 3.05) is 6.54 Å². The number of ether oxygens (including phenoxy) is 1. The first-order chi connectivity index (χ1) is 8.70. The molecule has 5 heteroatoms. The van der Waals surface area contributed by atoms with Crippen LogP contribution in [0.15, 0.2) is 0 Å². The second kappa shape index (κ2) is 16.2. The van der Waals surface area contributed by atoms with Gasteiger partial charge in [-0.2, -0.15) is 0 Å². The van der Waals surface area contributed by atoms with Crippen LogP contribution in [0.3, 0.4) is 0 Å². The Kier molecular flexibility index (Phi) is 18.2. The van der Waals surface area contributed by atoms with E-state index >= 15 is 0 Å². The number of unbranched alkanes of at least 4 members (excludes halogenated alkanes) is 8. The number of esters is 2. The van der Waals surface area contributed by atoms with Crippen molar-refractivity contribution in [3.05, 3.63) is 0 Å². The minimum absolute atomic E-state index is 0. The van der Waals surface area contributed by atoms with Crippen LogP contribution in [-0.2, 0) is 14.3 Å². The molecule has 2 N–H and O–H groups in total. The average molecular weight is 281 g/mol. The van der Waals surface area contributed by atoms with Gasteiger partial charge >= 0.3 is 41.5 Å². The second-order valence-electron chi connectivity index (χ2n) is 4.63. The van der Waals surface area contributed by atoms with E-state index in [0.717, 1.165) is 19.3 Å². The summed E-state index contributed by atoms with van der Waals surface area (Å²) < 4.78 is 4.47. The Morgan fingerprint density at radius 2 is 1.32 bits per heavy atom. The zero-order valence-electron chi connectivity index (χ0n) is 11.6. The van der Waals surface area contributed by atoms with Gasteiger partial charge in [-0.3, -0.25) is 9.59 Å². The van der Waals surface area contributed by atoms with Gasteiger partial charge in [0.2, 0.25) is 0 Å². The molecule has 0 aromatic heterocycles. The van der Waals surface area contributed by atoms with Crippen molar-refractivity contribution in [1.29, 1.82) is 0 Å². The van der Waals surface area contributed by atoms with Gasteiger partial charge in [0.05, 0.1) is 6.54 Å². The number of nitrogens with two attached hydrogens (primary N) is 1. The molecular formula is C14H28NNaO3. The van der Waals surface area contributed by atoms with E-state index in [0.29, 0.717) is 6.42 Å². The van der Waals surface area contributed by atoms with Crippen LogP contribution in [0.1, 0.15) is 71.1 Å². The molecule has 0 bridgehead atoms. The molecule has 0 aromatic rings. The van der Waals surface area contributed by atoms with Gasteiger partial charge < -0.3 is 10.5 Å². The summed E-state index contributed by atoms with van der Waals surface area (Å²) in [5.41, 5.74) is 5.04. The fourth-order valence-electron chi connectivity index (χ4n) is 1.80. The summed E-state index contributed by atoms with van der Waals surface area (Å²) in [6.45, 7) is 1.98. The fourth-order valence-corrected chi connectivity index (χ4v) is 1.80. The van der Waals surface area contributed by atoms with Crippen LogP contribution in [0.2, 0.25) is 0 Å². The molecule has 4 nitrogen and oxygen atoms in total. The Bertz CT molecular complexity index is 235. The van der Waals surface area contributed by atoms with Gasteiger partial charge in [-0.15, -0.1) is 0 Å². The first kappa shape index (κ1) is 21.4. The summed E-state index contributed by atoms with van der Waals surface area (Å²) in [6.07, 6.45) is 11.1. The molecule has 19 heavy (non-hydrogen) atoms. The molecule has 0 atom stereocenters. The maximum atomic E-state index is 11.1. The Morgan fingerprint density at radius 3 is 1.79 bits per heavy atom. The van der Waals surface area contributed by atoms with E-state index in [2.05, 4.69) is 11.7 Å². The van der Waals surface area contributed by atoms with Crippen LogP contribution in [-0.4, -0.2) is 48.0 Å². The summed E-state index contributed by atoms with van der Waals surface area (Å²) in [6, 6.07) is 0. The van der Waals surface area contributed by atoms with E-state index in [-0.39, 0.29) is 36.1 Å². The molecular weight excluding hydrogens is 253 g/mol. The molecule has 0 rings (SSSR count). The predicted octanol–water partition coefficient (Wildman–Crippen LogP) is 2.29. The van der Waals surface area contributed by atoms with E-state index in [1.807, 2.05) is 0 Å². The molecule has 108 valence electrons. The summed E-state index contributed by atoms with van der Waals surface area (Å²) in [4.78, 5) is 21.8. The molecule has 0 aliphatic carbocycles. The first-order valence-corrected chi connectivity index (χ1v) is 7.14. The van der Waals surface area contributed by atoms with E-state index in [9.17, 15) is 9.59 Å². The van der Waals surface area contributed by atoms with Crippen molar-refractivity contribution >= 4 is 41.5 Å². The molecule has 0 saturated heterocycles. The molecule has 0 spiro atoms. The number of rotatable bonds is 11. The van der Waals surface area contributed by atoms with Crippen LogP contribution >= 0.6 is 0 Å². The average Bonchev–Trinajstić information content (AvgIpc) is 2.36. The van der Waals surface area contributed by atoms with Gasteiger partial charge in [-0.25, -0.2) is 0 Å². The van der Waals surface area contributed by atoms with Crippen molar-refractivity contribution in [2.24, 2.45) is 5.73 Å². The SMILES string of the molecule is CCCCCCCCCCCC(=O)OC(=O)CN.[NaH]. The van der Waals surface area contributed by atoms with E-state index < -0.39 is 11.9 Å². The monoisotopic (exact) mass is 281 g/mol. The summed E-state index contributed by atoms with van der Waals surface area (Å²) in [5, 5.41) is 0. The number of hydrogen-bond donors (Lipinski definition) is 1. The number of hydrogen-bond acceptors (Lipinski definition) is 4. The number of carbonyl (C=O) groups excluding carboxylic acids is 2. The second-order valence-corrected chi connectivity index (χ2v) is 4.63. The van der Waals surface area contributed by atoms with Crippen LogP contribution in [0.5, 0.6) is 0 Å². The minimum atomic E-state index is -0.643. The molecule has 0 aliphatic rings. The maximum absolute atomic E-state index is 11.1. The quantitative estimate of drug-likeness (QED) is 0.273. The molecule has 0 aliphatic heterocycles. The third-order valence-corrected chi connectivity index (χ3v) is 2.88. The Labute approximate surface area is 139 Å². The molecule has 0 fully saturated rings. The fraction of sp³-hybridized carbons (Fsp3) is 0.857. The molecule has 0 saturated carbocycles. The third-order valence-electron chi connectivity index (χ3n) is 2.88. The van der Waals surface area contributed by atoms with E-state index in [4.69, 9.17) is 5.73 Å². The topological polar surface area (TPSA) is 69.4 Å². The predicted molar refractivity (Wildman–Crippen MR) is 79.1 cm³/mol. The van der Waals surface area contributed by atoms with Crippen molar-refractivity contribution in [2.45, 2.75) is 71.1 Å². The van der Waals surface area contributed by atoms with Gasteiger partial charge in [0.1, 0.15) is 0 Å². The van der Waals surface area contributed by atoms with Crippen molar-refractivity contribution in [3.8, 4) is 0 Å². The van der Waals surface area contributed by atoms with E-state index in [1.54, 1.807) is 0 Å². The summed E-state index contributed by atoms with van der Waals surface area (Å²) >= 11 is 0. The molecule has 0 unspecified atom stereocenters. The molecule has 0 radical (unpaired) electrons. The van der Waals surface area contributed by atoms with Crippen molar-refractivity contribution in [1.82, 2.24) is 0 Å². The Morgan fingerprint density at radius 1 is 0.842 bits per heavy atom. The Hall–Kier alpha value is 0.1000. The zero-order valence-corrected chi connectivity index (χ0v) is 11.6. The summed E-state index contributed by atoms with van der Waals surface area (Å²) in [7, 11) is 0. The van der Waals surface area contributed by atoms with Gasteiger partial charge in [0.15, 0.2) is 0 Å². The van der Waals surface area contributed by atoms with Crippen molar-refractivity contribution < 1.29 is 14.3 Å².